The largest absolute Gasteiger partial charge is 0.389 e. The number of amides is 1. The van der Waals surface area contributed by atoms with Crippen LogP contribution in [0.1, 0.15) is 18.6 Å². The van der Waals surface area contributed by atoms with Crippen LogP contribution in [-0.4, -0.2) is 36.6 Å². The van der Waals surface area contributed by atoms with Gasteiger partial charge in [-0.2, -0.15) is 0 Å². The number of aliphatic hydroxyl groups excluding tert-OH is 1. The second-order valence-corrected chi connectivity index (χ2v) is 4.21. The molecule has 0 bridgehead atoms. The third-order valence-electron chi connectivity index (χ3n) is 2.75. The van der Waals surface area contributed by atoms with Crippen molar-refractivity contribution < 1.29 is 14.8 Å². The lowest BCUT2D eigenvalue weighted by atomic mass is 10.1. The van der Waals surface area contributed by atoms with Crippen molar-refractivity contribution in [1.29, 1.82) is 0 Å². The maximum absolute atomic E-state index is 11.3. The number of rotatable bonds is 5. The van der Waals surface area contributed by atoms with Crippen molar-refractivity contribution >= 4 is 17.3 Å². The van der Waals surface area contributed by atoms with Gasteiger partial charge in [0.1, 0.15) is 5.69 Å². The maximum atomic E-state index is 11.3. The van der Waals surface area contributed by atoms with Crippen LogP contribution in [0.25, 0.3) is 0 Å². The molecule has 0 heterocycles. The van der Waals surface area contributed by atoms with Crippen molar-refractivity contribution in [3.05, 3.63) is 33.9 Å². The van der Waals surface area contributed by atoms with Gasteiger partial charge in [0.15, 0.2) is 0 Å². The summed E-state index contributed by atoms with van der Waals surface area (Å²) in [7, 11) is 3.10. The van der Waals surface area contributed by atoms with Crippen molar-refractivity contribution in [3.63, 3.8) is 0 Å². The van der Waals surface area contributed by atoms with Gasteiger partial charge in [-0.05, 0) is 18.6 Å². The molecule has 0 spiro atoms. The predicted octanol–water partition coefficient (Wildman–Crippen LogP) is 0.830. The lowest BCUT2D eigenvalue weighted by molar-refractivity contribution is -0.384. The quantitative estimate of drug-likeness (QED) is 0.608. The van der Waals surface area contributed by atoms with E-state index in [-0.39, 0.29) is 18.1 Å². The molecule has 0 unspecified atom stereocenters. The molecule has 0 aliphatic heterocycles. The summed E-state index contributed by atoms with van der Waals surface area (Å²) < 4.78 is 0. The molecule has 0 aromatic heterocycles. The average Bonchev–Trinajstić information content (AvgIpc) is 2.37. The first-order valence-corrected chi connectivity index (χ1v) is 5.75. The summed E-state index contributed by atoms with van der Waals surface area (Å²) in [5.41, 5.74) is 0.659. The summed E-state index contributed by atoms with van der Waals surface area (Å²) in [6.45, 7) is 1.55. The zero-order valence-electron chi connectivity index (χ0n) is 11.1. The fourth-order valence-corrected chi connectivity index (χ4v) is 1.65. The molecule has 19 heavy (non-hydrogen) atoms. The van der Waals surface area contributed by atoms with Crippen LogP contribution in [-0.2, 0) is 4.79 Å². The molecular weight excluding hydrogens is 250 g/mol. The van der Waals surface area contributed by atoms with Crippen LogP contribution in [0.3, 0.4) is 0 Å². The number of anilines is 1. The summed E-state index contributed by atoms with van der Waals surface area (Å²) >= 11 is 0. The van der Waals surface area contributed by atoms with E-state index in [4.69, 9.17) is 0 Å². The van der Waals surface area contributed by atoms with Gasteiger partial charge in [0.05, 0.1) is 17.6 Å². The molecule has 0 aliphatic rings. The normalized spacial score (nSPS) is 11.8. The molecule has 0 fully saturated rings. The first-order valence-electron chi connectivity index (χ1n) is 5.75. The highest BCUT2D eigenvalue weighted by Crippen LogP contribution is 2.30. The van der Waals surface area contributed by atoms with E-state index < -0.39 is 11.0 Å². The average molecular weight is 267 g/mol. The van der Waals surface area contributed by atoms with Crippen molar-refractivity contribution in [2.24, 2.45) is 0 Å². The van der Waals surface area contributed by atoms with Gasteiger partial charge < -0.3 is 15.3 Å². The molecule has 1 rings (SSSR count). The summed E-state index contributed by atoms with van der Waals surface area (Å²) in [5.74, 6) is -0.239. The van der Waals surface area contributed by atoms with Gasteiger partial charge in [-0.15, -0.1) is 0 Å². The minimum Gasteiger partial charge on any atom is -0.389 e. The van der Waals surface area contributed by atoms with E-state index in [0.717, 1.165) is 0 Å². The van der Waals surface area contributed by atoms with Gasteiger partial charge in [-0.1, -0.05) is 6.07 Å². The van der Waals surface area contributed by atoms with Crippen molar-refractivity contribution in [3.8, 4) is 0 Å². The predicted molar refractivity (Wildman–Crippen MR) is 71.1 cm³/mol. The van der Waals surface area contributed by atoms with Gasteiger partial charge in [0.2, 0.25) is 5.91 Å². The number of hydrogen-bond acceptors (Lipinski definition) is 5. The number of nitrogens with zero attached hydrogens (tertiary/aromatic N) is 2. The first kappa shape index (κ1) is 14.9. The van der Waals surface area contributed by atoms with E-state index in [0.29, 0.717) is 11.3 Å². The fraction of sp³-hybridized carbons (Fsp3) is 0.417. The van der Waals surface area contributed by atoms with Crippen LogP contribution in [0.4, 0.5) is 11.4 Å². The Morgan fingerprint density at radius 1 is 1.58 bits per heavy atom. The van der Waals surface area contributed by atoms with Crippen LogP contribution in [0, 0.1) is 10.1 Å². The van der Waals surface area contributed by atoms with Crippen molar-refractivity contribution in [1.82, 2.24) is 5.32 Å². The Morgan fingerprint density at radius 3 is 2.68 bits per heavy atom. The molecular formula is C12H17N3O4. The van der Waals surface area contributed by atoms with Crippen LogP contribution in [0.2, 0.25) is 0 Å². The molecule has 0 radical (unpaired) electrons. The van der Waals surface area contributed by atoms with Crippen molar-refractivity contribution in [2.75, 3.05) is 25.5 Å². The monoisotopic (exact) mass is 267 g/mol. The highest BCUT2D eigenvalue weighted by Gasteiger charge is 2.20. The van der Waals surface area contributed by atoms with Crippen LogP contribution in [0.5, 0.6) is 0 Å². The molecule has 7 heteroatoms. The summed E-state index contributed by atoms with van der Waals surface area (Å²) in [6, 6.07) is 4.46. The van der Waals surface area contributed by atoms with E-state index in [9.17, 15) is 20.0 Å². The minimum atomic E-state index is -0.781. The van der Waals surface area contributed by atoms with Gasteiger partial charge in [-0.25, -0.2) is 0 Å². The molecule has 0 aliphatic carbocycles. The highest BCUT2D eigenvalue weighted by molar-refractivity contribution is 5.82. The number of carbonyl (C=O) groups is 1. The van der Waals surface area contributed by atoms with Gasteiger partial charge in [0, 0.05) is 20.2 Å². The van der Waals surface area contributed by atoms with E-state index in [1.807, 2.05) is 0 Å². The molecule has 1 atom stereocenters. The summed E-state index contributed by atoms with van der Waals surface area (Å²) in [5, 5.41) is 22.9. The molecule has 0 saturated heterocycles. The number of nitrogens with one attached hydrogen (secondary N) is 1. The van der Waals surface area contributed by atoms with Crippen LogP contribution >= 0.6 is 0 Å². The zero-order chi connectivity index (χ0) is 14.6. The molecule has 1 aromatic carbocycles. The van der Waals surface area contributed by atoms with Gasteiger partial charge in [0.25, 0.3) is 5.69 Å². The Kier molecular flexibility index (Phi) is 4.82. The second kappa shape index (κ2) is 6.14. The SMILES string of the molecule is CNC(=O)CN(C)c1ccc([C@@H](C)O)cc1[N+](=O)[O-]. The molecule has 2 N–H and O–H groups in total. The van der Waals surface area contributed by atoms with E-state index >= 15 is 0 Å². The number of carbonyl (C=O) groups excluding carboxylic acids is 1. The number of aliphatic hydroxyl groups is 1. The Hall–Kier alpha value is -2.15. The molecule has 7 nitrogen and oxygen atoms in total. The minimum absolute atomic E-state index is 0.0192. The zero-order valence-corrected chi connectivity index (χ0v) is 11.1. The Bertz CT molecular complexity index is 488. The highest BCUT2D eigenvalue weighted by atomic mass is 16.6. The third kappa shape index (κ3) is 3.65. The van der Waals surface area contributed by atoms with E-state index in [1.54, 1.807) is 13.1 Å². The number of hydrogen-bond donors (Lipinski definition) is 2. The third-order valence-corrected chi connectivity index (χ3v) is 2.75. The van der Waals surface area contributed by atoms with Crippen LogP contribution < -0.4 is 10.2 Å². The lowest BCUT2D eigenvalue weighted by Gasteiger charge is -2.18. The number of nitro benzene ring substituents is 1. The van der Waals surface area contributed by atoms with E-state index in [1.165, 1.54) is 31.0 Å². The Balaban J connectivity index is 3.12. The maximum Gasteiger partial charge on any atom is 0.292 e. The molecule has 0 saturated carbocycles. The number of likely N-dealkylation sites (N-methyl/N-ethyl adjacent to an activating group) is 2. The topological polar surface area (TPSA) is 95.7 Å². The Labute approximate surface area is 111 Å². The standard InChI is InChI=1S/C12H17N3O4/c1-8(16)9-4-5-10(11(6-9)15(18)19)14(3)7-12(17)13-2/h4-6,8,16H,7H2,1-3H3,(H,13,17)/t8-/m1/s1. The van der Waals surface area contributed by atoms with Gasteiger partial charge in [-0.3, -0.25) is 14.9 Å². The van der Waals surface area contributed by atoms with Crippen molar-refractivity contribution in [2.45, 2.75) is 13.0 Å². The number of benzene rings is 1. The van der Waals surface area contributed by atoms with Crippen LogP contribution in [0.15, 0.2) is 18.2 Å². The number of nitro groups is 1. The fourth-order valence-electron chi connectivity index (χ4n) is 1.65. The summed E-state index contributed by atoms with van der Waals surface area (Å²) in [4.78, 5) is 23.3. The smallest absolute Gasteiger partial charge is 0.292 e. The Morgan fingerprint density at radius 2 is 2.21 bits per heavy atom. The van der Waals surface area contributed by atoms with E-state index in [2.05, 4.69) is 5.32 Å². The summed E-state index contributed by atoms with van der Waals surface area (Å²) in [6.07, 6.45) is -0.781. The molecule has 1 aromatic rings. The first-order chi connectivity index (χ1) is 8.86. The lowest BCUT2D eigenvalue weighted by Crippen LogP contribution is -2.33. The molecule has 1 amide bonds. The van der Waals surface area contributed by atoms with Gasteiger partial charge >= 0.3 is 0 Å². The second-order valence-electron chi connectivity index (χ2n) is 4.21. The molecule has 104 valence electrons.